The number of benzene rings is 1. The first-order chi connectivity index (χ1) is 14.6. The molecule has 0 saturated heterocycles. The molecule has 4 heterocycles. The maximum absolute atomic E-state index is 13.2. The molecule has 0 bridgehead atoms. The number of pyridine rings is 1. The fraction of sp³-hybridized carbons (Fsp3) is 0.0952. The number of amides is 1. The second-order valence-corrected chi connectivity index (χ2v) is 6.76. The Labute approximate surface area is 170 Å². The first kappa shape index (κ1) is 17.8. The maximum atomic E-state index is 13.2. The predicted octanol–water partition coefficient (Wildman–Crippen LogP) is 4.14. The zero-order valence-electron chi connectivity index (χ0n) is 16.1. The minimum Gasteiger partial charge on any atom is -0.463 e. The van der Waals surface area contributed by atoms with E-state index < -0.39 is 0 Å². The van der Waals surface area contributed by atoms with E-state index in [1.165, 1.54) is 0 Å². The summed E-state index contributed by atoms with van der Waals surface area (Å²) in [6, 6.07) is 12.5. The Bertz CT molecular complexity index is 1370. The molecule has 0 atom stereocenters. The number of carbonyl (C=O) groups excluding carboxylic acids is 1. The number of furan rings is 1. The van der Waals surface area contributed by atoms with E-state index in [2.05, 4.69) is 30.6 Å². The van der Waals surface area contributed by atoms with Crippen molar-refractivity contribution in [3.05, 3.63) is 65.8 Å². The van der Waals surface area contributed by atoms with Gasteiger partial charge < -0.3 is 14.3 Å². The Morgan fingerprint density at radius 1 is 1.10 bits per heavy atom. The predicted molar refractivity (Wildman–Crippen MR) is 109 cm³/mol. The van der Waals surface area contributed by atoms with Gasteiger partial charge in [0.2, 0.25) is 0 Å². The summed E-state index contributed by atoms with van der Waals surface area (Å²) in [5.74, 6) is 1.49. The van der Waals surface area contributed by atoms with Crippen LogP contribution < -0.4 is 5.32 Å². The molecule has 0 aliphatic rings. The smallest absolute Gasteiger partial charge is 0.259 e. The highest BCUT2D eigenvalue weighted by Crippen LogP contribution is 2.28. The number of anilines is 1. The van der Waals surface area contributed by atoms with E-state index in [-0.39, 0.29) is 11.6 Å². The molecule has 0 radical (unpaired) electrons. The fourth-order valence-corrected chi connectivity index (χ4v) is 3.23. The van der Waals surface area contributed by atoms with E-state index in [0.717, 1.165) is 5.56 Å². The molecule has 0 aliphatic carbocycles. The van der Waals surface area contributed by atoms with Crippen molar-refractivity contribution in [3.63, 3.8) is 0 Å². The van der Waals surface area contributed by atoms with Gasteiger partial charge in [0.15, 0.2) is 11.6 Å². The summed E-state index contributed by atoms with van der Waals surface area (Å²) in [7, 11) is 0. The molecule has 5 rings (SSSR count). The van der Waals surface area contributed by atoms with Gasteiger partial charge in [0.25, 0.3) is 11.6 Å². The van der Waals surface area contributed by atoms with Gasteiger partial charge in [-0.3, -0.25) is 9.89 Å². The third-order valence-electron chi connectivity index (χ3n) is 4.61. The van der Waals surface area contributed by atoms with E-state index in [9.17, 15) is 4.79 Å². The maximum Gasteiger partial charge on any atom is 0.259 e. The number of hydrogen-bond donors (Lipinski definition) is 2. The minimum atomic E-state index is -0.315. The number of rotatable bonds is 4. The van der Waals surface area contributed by atoms with Crippen LogP contribution in [0.25, 0.3) is 33.9 Å². The number of nitrogens with one attached hydrogen (secondary N) is 2. The first-order valence-electron chi connectivity index (χ1n) is 9.20. The van der Waals surface area contributed by atoms with Crippen molar-refractivity contribution in [1.29, 1.82) is 0 Å². The van der Waals surface area contributed by atoms with Crippen molar-refractivity contribution >= 4 is 22.7 Å². The van der Waals surface area contributed by atoms with Crippen molar-refractivity contribution in [2.75, 3.05) is 5.32 Å². The Hall–Kier alpha value is -4.27. The van der Waals surface area contributed by atoms with Crippen molar-refractivity contribution in [1.82, 2.24) is 25.3 Å². The van der Waals surface area contributed by atoms with Crippen LogP contribution in [0.2, 0.25) is 0 Å². The molecule has 0 aliphatic heterocycles. The Balaban J connectivity index is 1.53. The van der Waals surface area contributed by atoms with Gasteiger partial charge in [-0.15, -0.1) is 0 Å². The van der Waals surface area contributed by atoms with Gasteiger partial charge in [-0.25, -0.2) is 9.97 Å². The fourth-order valence-electron chi connectivity index (χ4n) is 3.23. The highest BCUT2D eigenvalue weighted by molar-refractivity contribution is 6.13. The molecule has 9 nitrogen and oxygen atoms in total. The van der Waals surface area contributed by atoms with Crippen molar-refractivity contribution in [2.45, 2.75) is 13.8 Å². The zero-order chi connectivity index (χ0) is 20.7. The van der Waals surface area contributed by atoms with Gasteiger partial charge >= 0.3 is 0 Å². The molecule has 0 saturated carbocycles. The average Bonchev–Trinajstić information content (AvgIpc) is 3.49. The molecule has 0 fully saturated rings. The van der Waals surface area contributed by atoms with Crippen LogP contribution in [0.3, 0.4) is 0 Å². The van der Waals surface area contributed by atoms with Gasteiger partial charge in [0.05, 0.1) is 22.9 Å². The topological polar surface area (TPSA) is 123 Å². The van der Waals surface area contributed by atoms with Crippen molar-refractivity contribution in [3.8, 4) is 22.8 Å². The summed E-state index contributed by atoms with van der Waals surface area (Å²) < 4.78 is 10.7. The monoisotopic (exact) mass is 400 g/mol. The normalized spacial score (nSPS) is 11.1. The number of nitrogens with zero attached hydrogens (tertiary/aromatic N) is 4. The number of aromatic nitrogens is 5. The number of carbonyl (C=O) groups is 1. The molecule has 1 aromatic carbocycles. The molecule has 1 amide bonds. The van der Waals surface area contributed by atoms with Gasteiger partial charge in [-0.1, -0.05) is 17.3 Å². The molecule has 5 aromatic rings. The van der Waals surface area contributed by atoms with Crippen LogP contribution in [0, 0.1) is 13.8 Å². The Morgan fingerprint density at radius 2 is 2.00 bits per heavy atom. The van der Waals surface area contributed by atoms with Crippen LogP contribution in [-0.4, -0.2) is 31.2 Å². The number of aryl methyl sites for hydroxylation is 2. The number of fused-ring (bicyclic) bond motifs is 1. The molecule has 0 spiro atoms. The summed E-state index contributed by atoms with van der Waals surface area (Å²) in [6.07, 6.45) is 1.54. The number of aromatic amines is 1. The number of H-pyrrole nitrogens is 1. The van der Waals surface area contributed by atoms with Crippen LogP contribution in [0.15, 0.2) is 57.7 Å². The van der Waals surface area contributed by atoms with Crippen LogP contribution in [0.4, 0.5) is 5.69 Å². The summed E-state index contributed by atoms with van der Waals surface area (Å²) >= 11 is 0. The van der Waals surface area contributed by atoms with E-state index in [0.29, 0.717) is 45.4 Å². The molecule has 30 heavy (non-hydrogen) atoms. The van der Waals surface area contributed by atoms with E-state index >= 15 is 0 Å². The van der Waals surface area contributed by atoms with Gasteiger partial charge in [0, 0.05) is 11.3 Å². The van der Waals surface area contributed by atoms with E-state index in [4.69, 9.17) is 8.94 Å². The lowest BCUT2D eigenvalue weighted by Crippen LogP contribution is -2.13. The van der Waals surface area contributed by atoms with Crippen molar-refractivity contribution in [2.24, 2.45) is 0 Å². The summed E-state index contributed by atoms with van der Waals surface area (Å²) in [6.45, 7) is 3.60. The van der Waals surface area contributed by atoms with Crippen molar-refractivity contribution < 1.29 is 13.7 Å². The largest absolute Gasteiger partial charge is 0.463 e. The van der Waals surface area contributed by atoms with Crippen LogP contribution in [-0.2, 0) is 0 Å². The van der Waals surface area contributed by atoms with Crippen LogP contribution in [0.5, 0.6) is 0 Å². The molecular formula is C21H16N6O3. The molecule has 4 aromatic heterocycles. The summed E-state index contributed by atoms with van der Waals surface area (Å²) in [5, 5.41) is 14.4. The van der Waals surface area contributed by atoms with Gasteiger partial charge in [-0.2, -0.15) is 5.10 Å². The van der Waals surface area contributed by atoms with E-state index in [1.54, 1.807) is 37.5 Å². The molecular weight excluding hydrogens is 384 g/mol. The zero-order valence-corrected chi connectivity index (χ0v) is 16.1. The minimum absolute atomic E-state index is 0.275. The van der Waals surface area contributed by atoms with E-state index in [1.807, 2.05) is 25.1 Å². The van der Waals surface area contributed by atoms with Crippen LogP contribution >= 0.6 is 0 Å². The molecule has 148 valence electrons. The van der Waals surface area contributed by atoms with Gasteiger partial charge in [0.1, 0.15) is 11.5 Å². The Kier molecular flexibility index (Phi) is 4.13. The first-order valence-corrected chi connectivity index (χ1v) is 9.20. The lowest BCUT2D eigenvalue weighted by molar-refractivity contribution is 0.102. The third-order valence-corrected chi connectivity index (χ3v) is 4.61. The number of hydrogen-bond acceptors (Lipinski definition) is 7. The SMILES string of the molecule is Cc1nc(-c2cccc(NC(=O)c3cc(-c4ccco4)nc4onc(C)c34)c2)n[nH]1. The standard InChI is InChI=1S/C21H16N6O3/c1-11-18-15(10-16(17-7-4-8-29-17)24-21(18)30-27-11)20(28)23-14-6-3-5-13(9-14)19-22-12(2)25-26-19/h3-10H,1-2H3,(H,23,28)(H,22,25,26). The lowest BCUT2D eigenvalue weighted by atomic mass is 10.1. The lowest BCUT2D eigenvalue weighted by Gasteiger charge is -2.08. The molecule has 9 heteroatoms. The van der Waals surface area contributed by atoms with Crippen LogP contribution in [0.1, 0.15) is 21.9 Å². The highest BCUT2D eigenvalue weighted by atomic mass is 16.5. The quantitative estimate of drug-likeness (QED) is 0.465. The Morgan fingerprint density at radius 3 is 2.77 bits per heavy atom. The summed E-state index contributed by atoms with van der Waals surface area (Å²) in [4.78, 5) is 21.9. The molecule has 0 unspecified atom stereocenters. The van der Waals surface area contributed by atoms with Gasteiger partial charge in [-0.05, 0) is 44.2 Å². The highest BCUT2D eigenvalue weighted by Gasteiger charge is 2.20. The third kappa shape index (κ3) is 3.12. The summed E-state index contributed by atoms with van der Waals surface area (Å²) in [5.41, 5.74) is 3.13. The second kappa shape index (κ2) is 6.96. The average molecular weight is 400 g/mol. The molecule has 2 N–H and O–H groups in total. The second-order valence-electron chi connectivity index (χ2n) is 6.76.